The van der Waals surface area contributed by atoms with E-state index in [4.69, 9.17) is 4.74 Å². The van der Waals surface area contributed by atoms with Crippen LogP contribution in [0.1, 0.15) is 40.5 Å². The molecule has 29 heavy (non-hydrogen) atoms. The van der Waals surface area contributed by atoms with Gasteiger partial charge >= 0.3 is 12.0 Å². The third kappa shape index (κ3) is 3.76. The first-order valence-corrected chi connectivity index (χ1v) is 9.53. The summed E-state index contributed by atoms with van der Waals surface area (Å²) in [4.78, 5) is 27.5. The van der Waals surface area contributed by atoms with Crippen molar-refractivity contribution in [1.82, 2.24) is 10.3 Å². The van der Waals surface area contributed by atoms with Gasteiger partial charge in [-0.15, -0.1) is 0 Å². The van der Waals surface area contributed by atoms with E-state index in [-0.39, 0.29) is 12.1 Å². The van der Waals surface area contributed by atoms with Gasteiger partial charge in [0.15, 0.2) is 0 Å². The van der Waals surface area contributed by atoms with Crippen molar-refractivity contribution in [3.63, 3.8) is 0 Å². The molecule has 2 aromatic carbocycles. The van der Waals surface area contributed by atoms with E-state index in [1.54, 1.807) is 31.4 Å². The highest BCUT2D eigenvalue weighted by atomic mass is 16.5. The number of ether oxygens (including phenoxy) is 2. The van der Waals surface area contributed by atoms with Gasteiger partial charge in [-0.1, -0.05) is 0 Å². The molecule has 1 heterocycles. The second-order valence-electron chi connectivity index (χ2n) is 7.04. The molecule has 0 unspecified atom stereocenters. The first kappa shape index (κ1) is 18.9. The number of aromatic nitrogens is 1. The predicted molar refractivity (Wildman–Crippen MR) is 110 cm³/mol. The monoisotopic (exact) mass is 393 g/mol. The molecule has 3 N–H and O–H groups in total. The van der Waals surface area contributed by atoms with Crippen molar-refractivity contribution >= 4 is 28.6 Å². The van der Waals surface area contributed by atoms with E-state index < -0.39 is 5.97 Å². The molecule has 7 nitrogen and oxygen atoms in total. The molecule has 150 valence electrons. The molecule has 0 radical (unpaired) electrons. The summed E-state index contributed by atoms with van der Waals surface area (Å²) in [6, 6.07) is 12.2. The van der Waals surface area contributed by atoms with Crippen molar-refractivity contribution in [3.8, 4) is 5.75 Å². The highest BCUT2D eigenvalue weighted by molar-refractivity contribution is 5.93. The van der Waals surface area contributed by atoms with E-state index in [1.165, 1.54) is 12.7 Å². The first-order chi connectivity index (χ1) is 14.1. The Morgan fingerprint density at radius 2 is 1.90 bits per heavy atom. The lowest BCUT2D eigenvalue weighted by molar-refractivity contribution is 0.0600. The van der Waals surface area contributed by atoms with Gasteiger partial charge in [0.05, 0.1) is 25.8 Å². The fraction of sp³-hybridized carbons (Fsp3) is 0.273. The number of benzene rings is 2. The summed E-state index contributed by atoms with van der Waals surface area (Å²) in [5.41, 5.74) is 4.37. The Morgan fingerprint density at radius 3 is 2.62 bits per heavy atom. The Bertz CT molecular complexity index is 1060. The minimum Gasteiger partial charge on any atom is -0.497 e. The number of urea groups is 1. The van der Waals surface area contributed by atoms with Crippen molar-refractivity contribution in [2.24, 2.45) is 0 Å². The van der Waals surface area contributed by atoms with Gasteiger partial charge in [-0.3, -0.25) is 0 Å². The molecular weight excluding hydrogens is 370 g/mol. The molecule has 1 aliphatic carbocycles. The second-order valence-corrected chi connectivity index (χ2v) is 7.04. The lowest BCUT2D eigenvalue weighted by Gasteiger charge is -2.24. The Balaban J connectivity index is 1.49. The van der Waals surface area contributed by atoms with Gasteiger partial charge in [0, 0.05) is 22.3 Å². The van der Waals surface area contributed by atoms with Gasteiger partial charge in [-0.25, -0.2) is 9.59 Å². The summed E-state index contributed by atoms with van der Waals surface area (Å²) in [6.45, 7) is 0. The number of fused-ring (bicyclic) bond motifs is 3. The van der Waals surface area contributed by atoms with Gasteiger partial charge < -0.3 is 25.1 Å². The van der Waals surface area contributed by atoms with Gasteiger partial charge in [0.25, 0.3) is 0 Å². The van der Waals surface area contributed by atoms with Crippen LogP contribution in [0, 0.1) is 0 Å². The number of aromatic amines is 1. The summed E-state index contributed by atoms with van der Waals surface area (Å²) in [7, 11) is 2.99. The molecule has 0 bridgehead atoms. The first-order valence-electron chi connectivity index (χ1n) is 9.53. The van der Waals surface area contributed by atoms with Gasteiger partial charge in [0.1, 0.15) is 5.75 Å². The van der Waals surface area contributed by atoms with E-state index in [1.807, 2.05) is 18.2 Å². The number of amides is 2. The SMILES string of the molecule is COC(=O)c1ccc(NC(=O)N[C@H]2CCCc3c2[nH]c2ccc(OC)cc32)cc1. The average Bonchev–Trinajstić information content (AvgIpc) is 3.12. The number of anilines is 1. The smallest absolute Gasteiger partial charge is 0.337 e. The number of rotatable bonds is 4. The summed E-state index contributed by atoms with van der Waals surface area (Å²) >= 11 is 0. The molecule has 0 saturated heterocycles. The number of carbonyl (C=O) groups is 2. The lowest BCUT2D eigenvalue weighted by atomic mass is 9.92. The number of aryl methyl sites for hydroxylation is 1. The van der Waals surface area contributed by atoms with Crippen LogP contribution >= 0.6 is 0 Å². The van der Waals surface area contributed by atoms with Crippen LogP contribution in [0.25, 0.3) is 10.9 Å². The molecule has 3 aromatic rings. The molecule has 0 spiro atoms. The number of methoxy groups -OCH3 is 2. The lowest BCUT2D eigenvalue weighted by Crippen LogP contribution is -2.34. The van der Waals surface area contributed by atoms with E-state index in [0.717, 1.165) is 41.6 Å². The molecule has 0 saturated carbocycles. The average molecular weight is 393 g/mol. The molecule has 0 aliphatic heterocycles. The topological polar surface area (TPSA) is 92.5 Å². The maximum absolute atomic E-state index is 12.5. The highest BCUT2D eigenvalue weighted by Gasteiger charge is 2.25. The number of hydrogen-bond donors (Lipinski definition) is 3. The standard InChI is InChI=1S/C22H23N3O4/c1-28-15-10-11-18-17(12-15)16-4-3-5-19(20(16)24-18)25-22(27)23-14-8-6-13(7-9-14)21(26)29-2/h6-12,19,24H,3-5H2,1-2H3,(H2,23,25,27)/t19-/m0/s1. The van der Waals surface area contributed by atoms with E-state index in [0.29, 0.717) is 11.3 Å². The quantitative estimate of drug-likeness (QED) is 0.580. The molecule has 7 heteroatoms. The maximum Gasteiger partial charge on any atom is 0.337 e. The number of H-pyrrole nitrogens is 1. The van der Waals surface area contributed by atoms with Gasteiger partial charge in [0.2, 0.25) is 0 Å². The number of carbonyl (C=O) groups excluding carboxylic acids is 2. The fourth-order valence-electron chi connectivity index (χ4n) is 3.85. The van der Waals surface area contributed by atoms with Crippen LogP contribution in [0.3, 0.4) is 0 Å². The van der Waals surface area contributed by atoms with Crippen molar-refractivity contribution < 1.29 is 19.1 Å². The van der Waals surface area contributed by atoms with E-state index >= 15 is 0 Å². The third-order valence-electron chi connectivity index (χ3n) is 5.28. The van der Waals surface area contributed by atoms with Crippen molar-refractivity contribution in [2.45, 2.75) is 25.3 Å². The van der Waals surface area contributed by atoms with Crippen LogP contribution in [-0.4, -0.2) is 31.2 Å². The molecule has 1 aliphatic rings. The number of esters is 1. The molecular formula is C22H23N3O4. The Labute approximate surface area is 168 Å². The number of nitrogens with one attached hydrogen (secondary N) is 3. The van der Waals surface area contributed by atoms with Crippen LogP contribution in [0.15, 0.2) is 42.5 Å². The summed E-state index contributed by atoms with van der Waals surface area (Å²) in [5, 5.41) is 7.02. The third-order valence-corrected chi connectivity index (χ3v) is 5.28. The van der Waals surface area contributed by atoms with Crippen molar-refractivity contribution in [1.29, 1.82) is 0 Å². The second kappa shape index (κ2) is 7.87. The van der Waals surface area contributed by atoms with Crippen LogP contribution in [0.5, 0.6) is 5.75 Å². The van der Waals surface area contributed by atoms with Crippen LogP contribution in [0.2, 0.25) is 0 Å². The Hall–Kier alpha value is -3.48. The minimum absolute atomic E-state index is 0.0912. The Morgan fingerprint density at radius 1 is 1.10 bits per heavy atom. The van der Waals surface area contributed by atoms with Crippen molar-refractivity contribution in [3.05, 3.63) is 59.3 Å². The summed E-state index contributed by atoms with van der Waals surface area (Å²) in [5.74, 6) is 0.411. The highest BCUT2D eigenvalue weighted by Crippen LogP contribution is 2.36. The minimum atomic E-state index is -0.411. The Kier molecular flexibility index (Phi) is 5.12. The predicted octanol–water partition coefficient (Wildman–Crippen LogP) is 4.16. The zero-order chi connectivity index (χ0) is 20.4. The molecule has 0 fully saturated rings. The maximum atomic E-state index is 12.5. The van der Waals surface area contributed by atoms with Gasteiger partial charge in [-0.05, 0) is 67.3 Å². The molecule has 1 aromatic heterocycles. The summed E-state index contributed by atoms with van der Waals surface area (Å²) < 4.78 is 10.0. The van der Waals surface area contributed by atoms with Crippen LogP contribution in [-0.2, 0) is 11.2 Å². The zero-order valence-corrected chi connectivity index (χ0v) is 16.4. The van der Waals surface area contributed by atoms with Crippen LogP contribution < -0.4 is 15.4 Å². The van der Waals surface area contributed by atoms with E-state index in [2.05, 4.69) is 20.4 Å². The normalized spacial score (nSPS) is 15.4. The van der Waals surface area contributed by atoms with E-state index in [9.17, 15) is 9.59 Å². The number of hydrogen-bond acceptors (Lipinski definition) is 4. The van der Waals surface area contributed by atoms with Gasteiger partial charge in [-0.2, -0.15) is 0 Å². The molecule has 4 rings (SSSR count). The largest absolute Gasteiger partial charge is 0.497 e. The van der Waals surface area contributed by atoms with Crippen LogP contribution in [0.4, 0.5) is 10.5 Å². The molecule has 2 amide bonds. The zero-order valence-electron chi connectivity index (χ0n) is 16.4. The van der Waals surface area contributed by atoms with Crippen molar-refractivity contribution in [2.75, 3.05) is 19.5 Å². The molecule has 1 atom stereocenters. The summed E-state index contributed by atoms with van der Waals surface area (Å²) in [6.07, 6.45) is 2.83. The fourth-order valence-corrected chi connectivity index (χ4v) is 3.85.